The Morgan fingerprint density at radius 1 is 1.47 bits per heavy atom. The molecule has 4 nitrogen and oxygen atoms in total. The molecule has 0 aliphatic rings. The third kappa shape index (κ3) is 3.81. The first-order chi connectivity index (χ1) is 7.13. The zero-order valence-corrected chi connectivity index (χ0v) is 9.56. The third-order valence-corrected chi connectivity index (χ3v) is 2.70. The standard InChI is InChI=1S/C10H14N2O2S/c1-11-7-10(13)12-8-4-3-5-9(6-8)15(2)14/h3-6,11H,7H2,1-2H3,(H,12,13). The molecule has 2 N–H and O–H groups in total. The number of benzene rings is 1. The molecule has 0 aliphatic heterocycles. The van der Waals surface area contributed by atoms with Crippen molar-refractivity contribution >= 4 is 22.4 Å². The summed E-state index contributed by atoms with van der Waals surface area (Å²) < 4.78 is 11.2. The van der Waals surface area contributed by atoms with Crippen molar-refractivity contribution in [2.75, 3.05) is 25.2 Å². The number of carbonyl (C=O) groups is 1. The second-order valence-corrected chi connectivity index (χ2v) is 4.44. The van der Waals surface area contributed by atoms with Crippen LogP contribution in [0.25, 0.3) is 0 Å². The first-order valence-electron chi connectivity index (χ1n) is 4.51. The Bertz CT molecular complexity index is 379. The van der Waals surface area contributed by atoms with Crippen molar-refractivity contribution < 1.29 is 9.00 Å². The molecule has 1 aromatic rings. The fourth-order valence-electron chi connectivity index (χ4n) is 1.12. The van der Waals surface area contributed by atoms with Crippen molar-refractivity contribution in [1.29, 1.82) is 0 Å². The van der Waals surface area contributed by atoms with Gasteiger partial charge in [0.25, 0.3) is 0 Å². The normalized spacial score (nSPS) is 12.1. The van der Waals surface area contributed by atoms with Gasteiger partial charge in [0, 0.05) is 27.6 Å². The largest absolute Gasteiger partial charge is 0.325 e. The number of anilines is 1. The van der Waals surface area contributed by atoms with Gasteiger partial charge in [-0.15, -0.1) is 0 Å². The van der Waals surface area contributed by atoms with Gasteiger partial charge >= 0.3 is 0 Å². The lowest BCUT2D eigenvalue weighted by Gasteiger charge is -2.05. The van der Waals surface area contributed by atoms with Gasteiger partial charge in [-0.1, -0.05) is 6.07 Å². The van der Waals surface area contributed by atoms with E-state index in [0.717, 1.165) is 0 Å². The zero-order valence-electron chi connectivity index (χ0n) is 8.74. The van der Waals surface area contributed by atoms with Gasteiger partial charge in [0.15, 0.2) is 0 Å². The Labute approximate surface area is 91.5 Å². The van der Waals surface area contributed by atoms with Crippen LogP contribution in [0.2, 0.25) is 0 Å². The molecule has 82 valence electrons. The van der Waals surface area contributed by atoms with E-state index < -0.39 is 10.8 Å². The summed E-state index contributed by atoms with van der Waals surface area (Å²) in [5.41, 5.74) is 0.669. The van der Waals surface area contributed by atoms with Crippen molar-refractivity contribution in [1.82, 2.24) is 5.32 Å². The van der Waals surface area contributed by atoms with Crippen LogP contribution in [0.5, 0.6) is 0 Å². The first-order valence-corrected chi connectivity index (χ1v) is 6.07. The van der Waals surface area contributed by atoms with E-state index in [1.165, 1.54) is 0 Å². The van der Waals surface area contributed by atoms with Gasteiger partial charge in [-0.25, -0.2) is 0 Å². The lowest BCUT2D eigenvalue weighted by atomic mass is 10.3. The minimum absolute atomic E-state index is 0.114. The van der Waals surface area contributed by atoms with Crippen LogP contribution in [0.1, 0.15) is 0 Å². The summed E-state index contributed by atoms with van der Waals surface area (Å²) in [6, 6.07) is 7.02. The fourth-order valence-corrected chi connectivity index (χ4v) is 1.68. The lowest BCUT2D eigenvalue weighted by molar-refractivity contribution is -0.115. The Kier molecular flexibility index (Phi) is 4.45. The number of carbonyl (C=O) groups excluding carboxylic acids is 1. The van der Waals surface area contributed by atoms with E-state index in [-0.39, 0.29) is 12.5 Å². The molecule has 0 spiro atoms. The van der Waals surface area contributed by atoms with Gasteiger partial charge in [0.2, 0.25) is 5.91 Å². The summed E-state index contributed by atoms with van der Waals surface area (Å²) >= 11 is 0. The van der Waals surface area contributed by atoms with Crippen LogP contribution in [0.4, 0.5) is 5.69 Å². The molecule has 0 heterocycles. The van der Waals surface area contributed by atoms with E-state index in [9.17, 15) is 9.00 Å². The number of hydrogen-bond acceptors (Lipinski definition) is 3. The van der Waals surface area contributed by atoms with E-state index in [4.69, 9.17) is 0 Å². The molecule has 1 aromatic carbocycles. The Morgan fingerprint density at radius 3 is 2.80 bits per heavy atom. The van der Waals surface area contributed by atoms with Gasteiger partial charge in [-0.3, -0.25) is 9.00 Å². The quantitative estimate of drug-likeness (QED) is 0.789. The van der Waals surface area contributed by atoms with Crippen LogP contribution in [0.15, 0.2) is 29.2 Å². The van der Waals surface area contributed by atoms with E-state index >= 15 is 0 Å². The van der Waals surface area contributed by atoms with Crippen LogP contribution >= 0.6 is 0 Å². The number of nitrogens with one attached hydrogen (secondary N) is 2. The van der Waals surface area contributed by atoms with Crippen molar-refractivity contribution in [3.63, 3.8) is 0 Å². The summed E-state index contributed by atoms with van der Waals surface area (Å²) in [4.78, 5) is 11.9. The molecular formula is C10H14N2O2S. The van der Waals surface area contributed by atoms with Gasteiger partial charge < -0.3 is 10.6 Å². The average Bonchev–Trinajstić information content (AvgIpc) is 2.18. The predicted molar refractivity (Wildman–Crippen MR) is 61.3 cm³/mol. The van der Waals surface area contributed by atoms with Crippen LogP contribution in [0, 0.1) is 0 Å². The second kappa shape index (κ2) is 5.63. The minimum Gasteiger partial charge on any atom is -0.325 e. The Hall–Kier alpha value is -1.20. The van der Waals surface area contributed by atoms with Gasteiger partial charge in [-0.05, 0) is 25.2 Å². The summed E-state index contributed by atoms with van der Waals surface area (Å²) in [6.45, 7) is 0.263. The highest BCUT2D eigenvalue weighted by atomic mass is 32.2. The molecule has 5 heteroatoms. The van der Waals surface area contributed by atoms with Crippen LogP contribution in [-0.4, -0.2) is 30.0 Å². The second-order valence-electron chi connectivity index (χ2n) is 3.06. The molecule has 1 unspecified atom stereocenters. The molecule has 0 aliphatic carbocycles. The highest BCUT2D eigenvalue weighted by molar-refractivity contribution is 7.84. The number of likely N-dealkylation sites (N-methyl/N-ethyl adjacent to an activating group) is 1. The highest BCUT2D eigenvalue weighted by Gasteiger charge is 2.02. The molecule has 0 saturated carbocycles. The maximum Gasteiger partial charge on any atom is 0.238 e. The molecule has 0 fully saturated rings. The van der Waals surface area contributed by atoms with Crippen molar-refractivity contribution in [3.05, 3.63) is 24.3 Å². The molecule has 15 heavy (non-hydrogen) atoms. The van der Waals surface area contributed by atoms with Crippen molar-refractivity contribution in [2.24, 2.45) is 0 Å². The predicted octanol–water partition coefficient (Wildman–Crippen LogP) is 0.582. The minimum atomic E-state index is -1.02. The Balaban J connectivity index is 2.73. The summed E-state index contributed by atoms with van der Waals surface area (Å²) in [5.74, 6) is -0.114. The molecule has 0 bridgehead atoms. The summed E-state index contributed by atoms with van der Waals surface area (Å²) in [7, 11) is 0.681. The van der Waals surface area contributed by atoms with Crippen molar-refractivity contribution in [2.45, 2.75) is 4.90 Å². The highest BCUT2D eigenvalue weighted by Crippen LogP contribution is 2.12. The van der Waals surface area contributed by atoms with E-state index in [0.29, 0.717) is 10.6 Å². The lowest BCUT2D eigenvalue weighted by Crippen LogP contribution is -2.25. The van der Waals surface area contributed by atoms with Crippen LogP contribution in [0.3, 0.4) is 0 Å². The van der Waals surface area contributed by atoms with E-state index in [2.05, 4.69) is 10.6 Å². The molecule has 1 amide bonds. The molecule has 0 saturated heterocycles. The molecule has 0 radical (unpaired) electrons. The molecule has 0 aromatic heterocycles. The molecule has 1 rings (SSSR count). The average molecular weight is 226 g/mol. The van der Waals surface area contributed by atoms with Gasteiger partial charge in [-0.2, -0.15) is 0 Å². The zero-order chi connectivity index (χ0) is 11.3. The Morgan fingerprint density at radius 2 is 2.20 bits per heavy atom. The third-order valence-electron chi connectivity index (χ3n) is 1.79. The number of hydrogen-bond donors (Lipinski definition) is 2. The maximum absolute atomic E-state index is 11.2. The van der Waals surface area contributed by atoms with E-state index in [1.54, 1.807) is 37.6 Å². The molecule has 1 atom stereocenters. The van der Waals surface area contributed by atoms with Crippen LogP contribution < -0.4 is 10.6 Å². The number of amides is 1. The van der Waals surface area contributed by atoms with Gasteiger partial charge in [0.1, 0.15) is 0 Å². The fraction of sp³-hybridized carbons (Fsp3) is 0.300. The van der Waals surface area contributed by atoms with Crippen LogP contribution in [-0.2, 0) is 15.6 Å². The SMILES string of the molecule is CNCC(=O)Nc1cccc(S(C)=O)c1. The maximum atomic E-state index is 11.2. The summed E-state index contributed by atoms with van der Waals surface area (Å²) in [5, 5.41) is 5.46. The van der Waals surface area contributed by atoms with E-state index in [1.807, 2.05) is 0 Å². The monoisotopic (exact) mass is 226 g/mol. The van der Waals surface area contributed by atoms with Crippen molar-refractivity contribution in [3.8, 4) is 0 Å². The van der Waals surface area contributed by atoms with Gasteiger partial charge in [0.05, 0.1) is 6.54 Å². The smallest absolute Gasteiger partial charge is 0.238 e. The molecular weight excluding hydrogens is 212 g/mol. The topological polar surface area (TPSA) is 58.2 Å². The number of rotatable bonds is 4. The summed E-state index contributed by atoms with van der Waals surface area (Å²) in [6.07, 6.45) is 1.61. The first kappa shape index (κ1) is 11.9.